The molecule has 2 aromatic rings. The number of hydrogen-bond acceptors (Lipinski definition) is 8. The molecule has 2 amide bonds. The molecule has 0 atom stereocenters. The fraction of sp³-hybridized carbons (Fsp3) is 0.450. The maximum absolute atomic E-state index is 14.0. The molecule has 0 unspecified atom stereocenters. The molecular formula is C20H25ClF2N4O5S. The van der Waals surface area contributed by atoms with E-state index in [1.165, 1.54) is 12.1 Å². The molecule has 9 nitrogen and oxygen atoms in total. The summed E-state index contributed by atoms with van der Waals surface area (Å²) in [6.45, 7) is 4.02. The van der Waals surface area contributed by atoms with Crippen molar-refractivity contribution in [1.82, 2.24) is 14.6 Å². The van der Waals surface area contributed by atoms with Crippen LogP contribution in [0.25, 0.3) is 0 Å². The molecule has 0 saturated heterocycles. The van der Waals surface area contributed by atoms with Crippen LogP contribution in [-0.2, 0) is 11.3 Å². The van der Waals surface area contributed by atoms with E-state index >= 15 is 0 Å². The Morgan fingerprint density at radius 1 is 1.27 bits per heavy atom. The van der Waals surface area contributed by atoms with E-state index in [0.29, 0.717) is 26.1 Å². The Balaban J connectivity index is 2.00. The first kappa shape index (κ1) is 26.7. The minimum Gasteiger partial charge on any atom is -0.471 e. The predicted octanol–water partition coefficient (Wildman–Crippen LogP) is 3.27. The third-order valence-corrected chi connectivity index (χ3v) is 5.59. The van der Waals surface area contributed by atoms with Gasteiger partial charge in [-0.25, -0.2) is 18.4 Å². The van der Waals surface area contributed by atoms with Gasteiger partial charge in [0.25, 0.3) is 0 Å². The third kappa shape index (κ3) is 7.49. The zero-order chi connectivity index (χ0) is 24.4. The Hall–Kier alpha value is -2.54. The predicted molar refractivity (Wildman–Crippen MR) is 120 cm³/mol. The van der Waals surface area contributed by atoms with Crippen LogP contribution in [0.4, 0.5) is 18.6 Å². The number of nitrogens with zero attached hydrogens (tertiary/aromatic N) is 2. The van der Waals surface area contributed by atoms with Crippen molar-refractivity contribution in [2.24, 2.45) is 0 Å². The number of urea groups is 1. The van der Waals surface area contributed by atoms with E-state index < -0.39 is 30.2 Å². The molecule has 0 aliphatic rings. The molecule has 13 heteroatoms. The lowest BCUT2D eigenvalue weighted by Gasteiger charge is -2.18. The van der Waals surface area contributed by atoms with Gasteiger partial charge in [0.05, 0.1) is 18.7 Å². The summed E-state index contributed by atoms with van der Waals surface area (Å²) in [6.07, 6.45) is 0.658. The van der Waals surface area contributed by atoms with E-state index in [9.17, 15) is 18.4 Å². The molecule has 0 radical (unpaired) electrons. The van der Waals surface area contributed by atoms with Gasteiger partial charge in [0.1, 0.15) is 11.6 Å². The van der Waals surface area contributed by atoms with Crippen LogP contribution in [-0.4, -0.2) is 66.3 Å². The van der Waals surface area contributed by atoms with Crippen LogP contribution in [0.15, 0.2) is 12.1 Å². The fourth-order valence-electron chi connectivity index (χ4n) is 2.79. The van der Waals surface area contributed by atoms with Gasteiger partial charge in [-0.1, -0.05) is 24.6 Å². The number of aliphatic hydroxyl groups excluding tert-OH is 1. The topological polar surface area (TPSA) is 113 Å². The minimum atomic E-state index is -1.21. The summed E-state index contributed by atoms with van der Waals surface area (Å²) in [5, 5.41) is 13.9. The molecule has 0 spiro atoms. The zero-order valence-corrected chi connectivity index (χ0v) is 19.7. The Morgan fingerprint density at radius 2 is 2.03 bits per heavy atom. The number of halogens is 3. The number of amides is 2. The van der Waals surface area contributed by atoms with Gasteiger partial charge >= 0.3 is 12.0 Å². The summed E-state index contributed by atoms with van der Waals surface area (Å²) in [7, 11) is 1.15. The van der Waals surface area contributed by atoms with Crippen molar-refractivity contribution in [3.63, 3.8) is 0 Å². The van der Waals surface area contributed by atoms with Crippen molar-refractivity contribution in [3.8, 4) is 5.88 Å². The second-order valence-electron chi connectivity index (χ2n) is 6.70. The fourth-order valence-corrected chi connectivity index (χ4v) is 3.65. The third-order valence-electron chi connectivity index (χ3n) is 4.56. The Morgan fingerprint density at radius 3 is 2.70 bits per heavy atom. The number of carbonyl (C=O) groups is 2. The van der Waals surface area contributed by atoms with Crippen LogP contribution < -0.4 is 15.4 Å². The number of likely N-dealkylation sites (N-methyl/N-ethyl adjacent to an activating group) is 1. The van der Waals surface area contributed by atoms with E-state index in [-0.39, 0.29) is 33.6 Å². The molecule has 0 aliphatic carbocycles. The zero-order valence-electron chi connectivity index (χ0n) is 18.1. The molecule has 182 valence electrons. The van der Waals surface area contributed by atoms with Crippen molar-refractivity contribution in [2.45, 2.75) is 20.0 Å². The van der Waals surface area contributed by atoms with Crippen molar-refractivity contribution < 1.29 is 33.0 Å². The Labute approximate surface area is 198 Å². The molecule has 0 aliphatic heterocycles. The minimum absolute atomic E-state index is 0.0629. The van der Waals surface area contributed by atoms with E-state index in [1.807, 2.05) is 11.8 Å². The highest BCUT2D eigenvalue weighted by Gasteiger charge is 2.25. The largest absolute Gasteiger partial charge is 0.471 e. The van der Waals surface area contributed by atoms with Gasteiger partial charge in [-0.05, 0) is 37.1 Å². The summed E-state index contributed by atoms with van der Waals surface area (Å²) >= 11 is 6.31. The maximum atomic E-state index is 14.0. The molecule has 0 saturated carbocycles. The molecule has 1 heterocycles. The van der Waals surface area contributed by atoms with Crippen LogP contribution in [0.1, 0.15) is 29.3 Å². The SMILES string of the molecule is CCN(CCO)CCCNC(=O)Nc1snc(OCc2ccc(Cl)c(F)c2F)c1C(=O)OC. The van der Waals surface area contributed by atoms with Crippen molar-refractivity contribution >= 4 is 40.1 Å². The van der Waals surface area contributed by atoms with Gasteiger partial charge in [-0.2, -0.15) is 4.37 Å². The Kier molecular flexibility index (Phi) is 10.7. The van der Waals surface area contributed by atoms with Crippen LogP contribution in [0.2, 0.25) is 5.02 Å². The monoisotopic (exact) mass is 506 g/mol. The molecule has 0 bridgehead atoms. The summed E-state index contributed by atoms with van der Waals surface area (Å²) in [4.78, 5) is 26.5. The highest BCUT2D eigenvalue weighted by Crippen LogP contribution is 2.32. The standard InChI is InChI=1S/C20H25ClF2N4O5S/c1-3-27(9-10-28)8-4-7-24-20(30)25-18-14(19(29)31-2)17(26-33-18)32-11-12-5-6-13(21)16(23)15(12)22/h5-6,28H,3-4,7-11H2,1-2H3,(H2,24,25,30). The van der Waals surface area contributed by atoms with Crippen LogP contribution >= 0.6 is 23.1 Å². The number of carbonyl (C=O) groups excluding carboxylic acids is 2. The van der Waals surface area contributed by atoms with E-state index in [1.54, 1.807) is 0 Å². The second-order valence-corrected chi connectivity index (χ2v) is 7.88. The van der Waals surface area contributed by atoms with Gasteiger partial charge in [-0.3, -0.25) is 5.32 Å². The van der Waals surface area contributed by atoms with E-state index in [0.717, 1.165) is 25.2 Å². The van der Waals surface area contributed by atoms with Crippen molar-refractivity contribution in [3.05, 3.63) is 39.9 Å². The second kappa shape index (κ2) is 13.2. The van der Waals surface area contributed by atoms with E-state index in [4.69, 9.17) is 26.2 Å². The number of aliphatic hydroxyl groups is 1. The van der Waals surface area contributed by atoms with Gasteiger partial charge < -0.3 is 24.8 Å². The molecule has 1 aromatic heterocycles. The summed E-state index contributed by atoms with van der Waals surface area (Å²) < 4.78 is 41.7. The number of esters is 1. The van der Waals surface area contributed by atoms with Crippen LogP contribution in [0, 0.1) is 11.6 Å². The number of aromatic nitrogens is 1. The molecular weight excluding hydrogens is 482 g/mol. The first-order valence-electron chi connectivity index (χ1n) is 10.0. The molecule has 1 aromatic carbocycles. The lowest BCUT2D eigenvalue weighted by molar-refractivity contribution is 0.0596. The number of benzene rings is 1. The van der Waals surface area contributed by atoms with Gasteiger partial charge in [0, 0.05) is 18.7 Å². The van der Waals surface area contributed by atoms with Gasteiger partial charge in [-0.15, -0.1) is 0 Å². The highest BCUT2D eigenvalue weighted by atomic mass is 35.5. The number of ether oxygens (including phenoxy) is 2. The highest BCUT2D eigenvalue weighted by molar-refractivity contribution is 7.11. The summed E-state index contributed by atoms with van der Waals surface area (Å²) in [5.74, 6) is -3.39. The summed E-state index contributed by atoms with van der Waals surface area (Å²) in [5.41, 5.74) is -0.275. The van der Waals surface area contributed by atoms with Gasteiger partial charge in [0.15, 0.2) is 17.2 Å². The lowest BCUT2D eigenvalue weighted by Crippen LogP contribution is -2.33. The van der Waals surface area contributed by atoms with Crippen LogP contribution in [0.3, 0.4) is 0 Å². The molecule has 2 rings (SSSR count). The number of rotatable bonds is 12. The number of methoxy groups -OCH3 is 1. The summed E-state index contributed by atoms with van der Waals surface area (Å²) in [6, 6.07) is 1.87. The molecule has 33 heavy (non-hydrogen) atoms. The average molecular weight is 507 g/mol. The van der Waals surface area contributed by atoms with Gasteiger partial charge in [0.2, 0.25) is 5.88 Å². The first-order chi connectivity index (χ1) is 15.8. The molecule has 0 fully saturated rings. The molecule has 3 N–H and O–H groups in total. The van der Waals surface area contributed by atoms with E-state index in [2.05, 4.69) is 15.0 Å². The quantitative estimate of drug-likeness (QED) is 0.230. The first-order valence-corrected chi connectivity index (χ1v) is 11.2. The Bertz CT molecular complexity index is 963. The van der Waals surface area contributed by atoms with Crippen LogP contribution in [0.5, 0.6) is 5.88 Å². The number of anilines is 1. The number of hydrogen-bond donors (Lipinski definition) is 3. The smallest absolute Gasteiger partial charge is 0.346 e. The average Bonchev–Trinajstić information content (AvgIpc) is 3.20. The maximum Gasteiger partial charge on any atom is 0.346 e. The normalized spacial score (nSPS) is 10.9. The van der Waals surface area contributed by atoms with Crippen molar-refractivity contribution in [2.75, 3.05) is 45.2 Å². The van der Waals surface area contributed by atoms with Crippen molar-refractivity contribution in [1.29, 1.82) is 0 Å². The number of nitrogens with one attached hydrogen (secondary N) is 2. The lowest BCUT2D eigenvalue weighted by atomic mass is 10.2.